The van der Waals surface area contributed by atoms with Gasteiger partial charge < -0.3 is 31.1 Å². The lowest BCUT2D eigenvalue weighted by Gasteiger charge is -2.09. The van der Waals surface area contributed by atoms with E-state index in [0.717, 1.165) is 23.3 Å². The Bertz CT molecular complexity index is 1440. The van der Waals surface area contributed by atoms with Crippen LogP contribution in [0.4, 0.5) is 11.4 Å². The average Bonchev–Trinajstić information content (AvgIpc) is 2.90. The highest BCUT2D eigenvalue weighted by molar-refractivity contribution is 6.06. The van der Waals surface area contributed by atoms with Gasteiger partial charge in [-0.3, -0.25) is 9.59 Å². The lowest BCUT2D eigenvalue weighted by atomic mass is 10.0. The molecule has 190 valence electrons. The van der Waals surface area contributed by atoms with E-state index >= 15 is 0 Å². The molecule has 2 amide bonds. The van der Waals surface area contributed by atoms with Crippen molar-refractivity contribution in [2.45, 2.75) is 0 Å². The number of aromatic carboxylic acids is 2. The number of hydrogen-bond donors (Lipinski definition) is 6. The molecule has 4 aromatic rings. The molecule has 0 saturated carbocycles. The summed E-state index contributed by atoms with van der Waals surface area (Å²) in [5.74, 6) is -4.39. The monoisotopic (exact) mass is 512 g/mol. The molecule has 0 unspecified atom stereocenters. The van der Waals surface area contributed by atoms with Crippen molar-refractivity contribution < 1.29 is 39.6 Å². The van der Waals surface area contributed by atoms with Crippen LogP contribution in [0.2, 0.25) is 0 Å². The Kier molecular flexibility index (Phi) is 7.06. The summed E-state index contributed by atoms with van der Waals surface area (Å²) < 4.78 is 0. The maximum atomic E-state index is 12.6. The summed E-state index contributed by atoms with van der Waals surface area (Å²) in [5.41, 5.74) is 1.97. The zero-order valence-corrected chi connectivity index (χ0v) is 19.5. The summed E-state index contributed by atoms with van der Waals surface area (Å²) in [4.78, 5) is 47.5. The van der Waals surface area contributed by atoms with Gasteiger partial charge in [0.05, 0.1) is 0 Å². The third kappa shape index (κ3) is 5.60. The summed E-state index contributed by atoms with van der Waals surface area (Å²) in [5, 5.41) is 42.6. The molecule has 0 fully saturated rings. The second-order valence-electron chi connectivity index (χ2n) is 8.14. The van der Waals surface area contributed by atoms with E-state index in [-0.39, 0.29) is 22.5 Å². The molecule has 0 aliphatic carbocycles. The van der Waals surface area contributed by atoms with Crippen molar-refractivity contribution in [2.75, 3.05) is 10.6 Å². The summed E-state index contributed by atoms with van der Waals surface area (Å²) >= 11 is 0. The van der Waals surface area contributed by atoms with Gasteiger partial charge in [0.25, 0.3) is 11.8 Å². The van der Waals surface area contributed by atoms with Crippen LogP contribution in [0.25, 0.3) is 11.1 Å². The normalized spacial score (nSPS) is 10.4. The van der Waals surface area contributed by atoms with Crippen LogP contribution in [-0.2, 0) is 0 Å². The van der Waals surface area contributed by atoms with E-state index in [2.05, 4.69) is 10.6 Å². The van der Waals surface area contributed by atoms with Gasteiger partial charge in [0.2, 0.25) is 0 Å². The molecule has 6 N–H and O–H groups in total. The van der Waals surface area contributed by atoms with Gasteiger partial charge in [0.1, 0.15) is 22.6 Å². The van der Waals surface area contributed by atoms with Crippen molar-refractivity contribution in [2.24, 2.45) is 0 Å². The largest absolute Gasteiger partial charge is 0.507 e. The molecule has 4 aromatic carbocycles. The van der Waals surface area contributed by atoms with Crippen molar-refractivity contribution >= 4 is 35.1 Å². The third-order valence-corrected chi connectivity index (χ3v) is 5.60. The number of aromatic hydroxyl groups is 2. The predicted molar refractivity (Wildman–Crippen MR) is 138 cm³/mol. The van der Waals surface area contributed by atoms with Crippen LogP contribution < -0.4 is 10.6 Å². The van der Waals surface area contributed by atoms with Gasteiger partial charge in [-0.2, -0.15) is 0 Å². The number of nitrogens with one attached hydrogen (secondary N) is 2. The fourth-order valence-corrected chi connectivity index (χ4v) is 3.60. The smallest absolute Gasteiger partial charge is 0.339 e. The van der Waals surface area contributed by atoms with E-state index in [9.17, 15) is 29.4 Å². The number of rotatable bonds is 7. The first-order chi connectivity index (χ1) is 18.1. The summed E-state index contributed by atoms with van der Waals surface area (Å²) in [6, 6.07) is 20.7. The molecule has 10 nitrogen and oxygen atoms in total. The molecular weight excluding hydrogens is 492 g/mol. The molecule has 0 bridgehead atoms. The van der Waals surface area contributed by atoms with E-state index in [1.807, 2.05) is 0 Å². The third-order valence-electron chi connectivity index (χ3n) is 5.60. The van der Waals surface area contributed by atoms with Crippen LogP contribution in [0.3, 0.4) is 0 Å². The van der Waals surface area contributed by atoms with E-state index in [0.29, 0.717) is 11.1 Å². The highest BCUT2D eigenvalue weighted by Crippen LogP contribution is 2.25. The van der Waals surface area contributed by atoms with Crippen molar-refractivity contribution in [1.82, 2.24) is 0 Å². The van der Waals surface area contributed by atoms with Crippen molar-refractivity contribution in [3.8, 4) is 22.6 Å². The van der Waals surface area contributed by atoms with Crippen LogP contribution in [-0.4, -0.2) is 44.2 Å². The highest BCUT2D eigenvalue weighted by atomic mass is 16.4. The lowest BCUT2D eigenvalue weighted by molar-refractivity contribution is 0.0682. The average molecular weight is 512 g/mol. The maximum absolute atomic E-state index is 12.6. The van der Waals surface area contributed by atoms with Gasteiger partial charge in [0, 0.05) is 22.5 Å². The zero-order chi connectivity index (χ0) is 27.4. The first-order valence-electron chi connectivity index (χ1n) is 11.1. The zero-order valence-electron chi connectivity index (χ0n) is 19.5. The number of carbonyl (C=O) groups excluding carboxylic acids is 2. The van der Waals surface area contributed by atoms with Gasteiger partial charge >= 0.3 is 11.9 Å². The Morgan fingerprint density at radius 1 is 0.500 bits per heavy atom. The second-order valence-corrected chi connectivity index (χ2v) is 8.14. The Balaban J connectivity index is 1.43. The summed E-state index contributed by atoms with van der Waals surface area (Å²) in [6.07, 6.45) is 0. The standard InChI is InChI=1S/C28H20N2O8/c31-23-11-9-19(13-21(23)27(35)36)29-25(33)17-5-1-15(2-6-17)16-3-7-18(8-4-16)26(34)30-20-10-12-24(32)22(14-20)28(37)38/h1-14,31-32H,(H,29,33)(H,30,34)(H,35,36)(H,37,38). The minimum Gasteiger partial charge on any atom is -0.507 e. The highest BCUT2D eigenvalue weighted by Gasteiger charge is 2.14. The molecule has 0 aliphatic rings. The molecule has 0 heterocycles. The van der Waals surface area contributed by atoms with Crippen LogP contribution in [0, 0.1) is 0 Å². The van der Waals surface area contributed by atoms with E-state index in [4.69, 9.17) is 10.2 Å². The lowest BCUT2D eigenvalue weighted by Crippen LogP contribution is -2.12. The number of carbonyl (C=O) groups is 4. The number of anilines is 2. The molecular formula is C28H20N2O8. The van der Waals surface area contributed by atoms with Crippen LogP contribution >= 0.6 is 0 Å². The predicted octanol–water partition coefficient (Wildman–Crippen LogP) is 4.67. The molecule has 0 atom stereocenters. The molecule has 38 heavy (non-hydrogen) atoms. The number of amides is 2. The summed E-state index contributed by atoms with van der Waals surface area (Å²) in [6.45, 7) is 0. The molecule has 10 heteroatoms. The van der Waals surface area contributed by atoms with Crippen molar-refractivity contribution in [3.63, 3.8) is 0 Å². The Morgan fingerprint density at radius 3 is 1.16 bits per heavy atom. The molecule has 0 saturated heterocycles. The quantitative estimate of drug-likeness (QED) is 0.194. The van der Waals surface area contributed by atoms with Crippen molar-refractivity contribution in [3.05, 3.63) is 107 Å². The number of carboxylic acid groups (broad SMARTS) is 2. The molecule has 0 aromatic heterocycles. The van der Waals surface area contributed by atoms with Gasteiger partial charge in [-0.15, -0.1) is 0 Å². The minimum absolute atomic E-state index is 0.217. The van der Waals surface area contributed by atoms with Crippen LogP contribution in [0.1, 0.15) is 41.4 Å². The Hall–Kier alpha value is -5.64. The molecule has 0 aliphatic heterocycles. The second kappa shape index (κ2) is 10.5. The van der Waals surface area contributed by atoms with Gasteiger partial charge in [-0.25, -0.2) is 9.59 Å². The van der Waals surface area contributed by atoms with Crippen LogP contribution in [0.5, 0.6) is 11.5 Å². The minimum atomic E-state index is -1.32. The SMILES string of the molecule is O=C(Nc1ccc(O)c(C(=O)O)c1)c1ccc(-c2ccc(C(=O)Nc3ccc(O)c(C(=O)O)c3)cc2)cc1. The fourth-order valence-electron chi connectivity index (χ4n) is 3.60. The Morgan fingerprint density at radius 2 is 0.842 bits per heavy atom. The van der Waals surface area contributed by atoms with Crippen molar-refractivity contribution in [1.29, 1.82) is 0 Å². The molecule has 0 radical (unpaired) electrons. The van der Waals surface area contributed by atoms with Crippen LogP contribution in [0.15, 0.2) is 84.9 Å². The van der Waals surface area contributed by atoms with E-state index in [1.54, 1.807) is 48.5 Å². The van der Waals surface area contributed by atoms with E-state index in [1.165, 1.54) is 24.3 Å². The Labute approximate surface area is 215 Å². The van der Waals surface area contributed by atoms with E-state index < -0.39 is 35.3 Å². The molecule has 0 spiro atoms. The fraction of sp³-hybridized carbons (Fsp3) is 0. The van der Waals surface area contributed by atoms with Gasteiger partial charge in [0.15, 0.2) is 0 Å². The number of hydrogen-bond acceptors (Lipinski definition) is 6. The number of carboxylic acids is 2. The first kappa shape index (κ1) is 25.5. The van der Waals surface area contributed by atoms with Gasteiger partial charge in [-0.05, 0) is 71.8 Å². The first-order valence-corrected chi connectivity index (χ1v) is 11.1. The maximum Gasteiger partial charge on any atom is 0.339 e. The summed E-state index contributed by atoms with van der Waals surface area (Å²) in [7, 11) is 0. The van der Waals surface area contributed by atoms with Gasteiger partial charge in [-0.1, -0.05) is 24.3 Å². The topological polar surface area (TPSA) is 173 Å². The molecule has 4 rings (SSSR count). The number of phenols is 2. The number of benzene rings is 4.